The van der Waals surface area contributed by atoms with Gasteiger partial charge in [-0.2, -0.15) is 0 Å². The third kappa shape index (κ3) is 14.5. The number of hydrogen-bond acceptors (Lipinski definition) is 10. The molecule has 0 rings (SSSR count). The van der Waals surface area contributed by atoms with Crippen LogP contribution in [0.3, 0.4) is 0 Å². The van der Waals surface area contributed by atoms with E-state index in [1.807, 2.05) is 0 Å². The Labute approximate surface area is 222 Å². The molecule has 0 heterocycles. The molecule has 0 radical (unpaired) electrons. The van der Waals surface area contributed by atoms with Gasteiger partial charge in [0, 0.05) is 61.1 Å². The fourth-order valence-corrected chi connectivity index (χ4v) is 4.84. The average molecular weight is 553 g/mol. The second-order valence-electron chi connectivity index (χ2n) is 10.1. The molecule has 0 aromatic carbocycles. The Morgan fingerprint density at radius 3 is 1.89 bits per heavy atom. The van der Waals surface area contributed by atoms with Crippen LogP contribution in [0.4, 0.5) is 0 Å². The lowest BCUT2D eigenvalue weighted by atomic mass is 9.84. The van der Waals surface area contributed by atoms with E-state index in [0.717, 1.165) is 12.2 Å². The van der Waals surface area contributed by atoms with E-state index in [1.54, 1.807) is 49.3 Å². The molecule has 0 fully saturated rings. The Morgan fingerprint density at radius 2 is 1.28 bits per heavy atom. The van der Waals surface area contributed by atoms with E-state index < -0.39 is 28.9 Å². The lowest BCUT2D eigenvalue weighted by molar-refractivity contribution is -0.137. The van der Waals surface area contributed by atoms with Gasteiger partial charge in [0.25, 0.3) is 0 Å². The summed E-state index contributed by atoms with van der Waals surface area (Å²) < 4.78 is 0. The summed E-state index contributed by atoms with van der Waals surface area (Å²) in [5.41, 5.74) is -1.85. The van der Waals surface area contributed by atoms with E-state index in [1.165, 1.54) is 0 Å². The van der Waals surface area contributed by atoms with Crippen molar-refractivity contribution >= 4 is 45.0 Å². The first-order valence-corrected chi connectivity index (χ1v) is 14.7. The van der Waals surface area contributed by atoms with Crippen LogP contribution in [0.25, 0.3) is 0 Å². The number of aliphatic hydroxyl groups is 4. The molecule has 0 aromatic heterocycles. The molecular formula is C24H44N2O8S2. The Bertz CT molecular complexity index is 646. The molecule has 2 atom stereocenters. The molecule has 0 aliphatic rings. The lowest BCUT2D eigenvalue weighted by Crippen LogP contribution is -2.46. The van der Waals surface area contributed by atoms with Gasteiger partial charge in [-0.15, -0.1) is 0 Å². The summed E-state index contributed by atoms with van der Waals surface area (Å²) in [5, 5.41) is 43.5. The van der Waals surface area contributed by atoms with Crippen molar-refractivity contribution in [1.82, 2.24) is 10.6 Å². The fourth-order valence-electron chi connectivity index (χ4n) is 2.85. The van der Waals surface area contributed by atoms with Crippen LogP contribution in [0.5, 0.6) is 0 Å². The van der Waals surface area contributed by atoms with Crippen LogP contribution in [0.15, 0.2) is 0 Å². The molecule has 0 bridgehead atoms. The normalized spacial score (nSPS) is 13.7. The van der Waals surface area contributed by atoms with E-state index in [0.29, 0.717) is 31.6 Å². The maximum Gasteiger partial charge on any atom is 0.249 e. The highest BCUT2D eigenvalue weighted by Gasteiger charge is 2.33. The summed E-state index contributed by atoms with van der Waals surface area (Å²) in [6.07, 6.45) is -0.564. The molecule has 0 unspecified atom stereocenters. The largest absolute Gasteiger partial charge is 0.396 e. The summed E-state index contributed by atoms with van der Waals surface area (Å²) in [6, 6.07) is 0. The maximum absolute atomic E-state index is 12.0. The highest BCUT2D eigenvalue weighted by Crippen LogP contribution is 2.23. The summed E-state index contributed by atoms with van der Waals surface area (Å²) in [7, 11) is 3.20. The number of rotatable bonds is 21. The van der Waals surface area contributed by atoms with Crippen molar-refractivity contribution < 1.29 is 39.6 Å². The molecule has 0 aromatic rings. The summed E-state index contributed by atoms with van der Waals surface area (Å²) in [5.74, 6) is 0.359. The molecule has 210 valence electrons. The molecule has 12 heteroatoms. The van der Waals surface area contributed by atoms with Crippen LogP contribution in [-0.4, -0.2) is 93.8 Å². The molecule has 0 aliphatic heterocycles. The standard InChI is InChI=1S/C24H44N2O8S2/c1-23(2,15-27)20(32)18(30)9-5-7-17(29)8-6-13-35-36-14-12-25-19(31)10-11-26-22(34)21(33)24(3,4)16-28/h20-21,27-28,32-33H,5-16H2,1-4H3,(H,25,31)(H,26,34)/t20-,21+/m0/s1. The van der Waals surface area contributed by atoms with Gasteiger partial charge in [0.05, 0.1) is 13.2 Å². The molecule has 6 N–H and O–H groups in total. The third-order valence-electron chi connectivity index (χ3n) is 5.65. The topological polar surface area (TPSA) is 173 Å². The van der Waals surface area contributed by atoms with Gasteiger partial charge in [-0.1, -0.05) is 49.3 Å². The first-order chi connectivity index (χ1) is 16.8. The van der Waals surface area contributed by atoms with Crippen molar-refractivity contribution in [3.8, 4) is 0 Å². The van der Waals surface area contributed by atoms with Gasteiger partial charge in [0.15, 0.2) is 5.78 Å². The van der Waals surface area contributed by atoms with E-state index in [-0.39, 0.29) is 50.1 Å². The third-order valence-corrected chi connectivity index (χ3v) is 8.15. The van der Waals surface area contributed by atoms with Crippen LogP contribution in [-0.2, 0) is 19.2 Å². The lowest BCUT2D eigenvalue weighted by Gasteiger charge is -2.27. The van der Waals surface area contributed by atoms with Crippen molar-refractivity contribution in [2.24, 2.45) is 10.8 Å². The number of carbonyl (C=O) groups is 4. The highest BCUT2D eigenvalue weighted by atomic mass is 33.1. The van der Waals surface area contributed by atoms with Crippen LogP contribution in [0.2, 0.25) is 0 Å². The first kappa shape index (κ1) is 34.8. The number of Topliss-reactive ketones (excluding diaryl/α,β-unsaturated/α-hetero) is 2. The minimum absolute atomic E-state index is 0.0797. The molecule has 0 saturated heterocycles. The fraction of sp³-hybridized carbons (Fsp3) is 0.833. The number of hydrogen-bond donors (Lipinski definition) is 6. The van der Waals surface area contributed by atoms with E-state index in [4.69, 9.17) is 0 Å². The quantitative estimate of drug-likeness (QED) is 0.0884. The summed E-state index contributed by atoms with van der Waals surface area (Å²) in [4.78, 5) is 47.6. The van der Waals surface area contributed by atoms with Crippen LogP contribution < -0.4 is 10.6 Å². The summed E-state index contributed by atoms with van der Waals surface area (Å²) in [6.45, 7) is 6.29. The maximum atomic E-state index is 12.0. The first-order valence-electron chi connectivity index (χ1n) is 12.2. The number of ketones is 2. The minimum Gasteiger partial charge on any atom is -0.396 e. The number of carbonyl (C=O) groups excluding carboxylic acids is 4. The second-order valence-corrected chi connectivity index (χ2v) is 12.8. The van der Waals surface area contributed by atoms with Crippen molar-refractivity contribution in [1.29, 1.82) is 0 Å². The molecule has 0 saturated carbocycles. The van der Waals surface area contributed by atoms with E-state index >= 15 is 0 Å². The van der Waals surface area contributed by atoms with Gasteiger partial charge in [0.2, 0.25) is 11.8 Å². The Balaban J connectivity index is 3.74. The van der Waals surface area contributed by atoms with Crippen molar-refractivity contribution in [3.63, 3.8) is 0 Å². The van der Waals surface area contributed by atoms with Gasteiger partial charge in [-0.3, -0.25) is 19.2 Å². The van der Waals surface area contributed by atoms with Crippen LogP contribution in [0.1, 0.15) is 66.2 Å². The number of nitrogens with one attached hydrogen (secondary N) is 2. The van der Waals surface area contributed by atoms with Gasteiger partial charge in [-0.05, 0) is 12.8 Å². The monoisotopic (exact) mass is 552 g/mol. The predicted molar refractivity (Wildman–Crippen MR) is 142 cm³/mol. The zero-order valence-corrected chi connectivity index (χ0v) is 23.5. The molecule has 2 amide bonds. The minimum atomic E-state index is -1.36. The van der Waals surface area contributed by atoms with Crippen LogP contribution >= 0.6 is 21.6 Å². The van der Waals surface area contributed by atoms with Crippen molar-refractivity contribution in [3.05, 3.63) is 0 Å². The summed E-state index contributed by atoms with van der Waals surface area (Å²) >= 11 is 0. The number of amides is 2. The van der Waals surface area contributed by atoms with Gasteiger partial charge >= 0.3 is 0 Å². The molecule has 10 nitrogen and oxygen atoms in total. The molecule has 0 spiro atoms. The van der Waals surface area contributed by atoms with E-state index in [2.05, 4.69) is 10.6 Å². The van der Waals surface area contributed by atoms with Crippen LogP contribution in [0, 0.1) is 10.8 Å². The van der Waals surface area contributed by atoms with Crippen molar-refractivity contribution in [2.45, 2.75) is 78.4 Å². The molecular weight excluding hydrogens is 508 g/mol. The van der Waals surface area contributed by atoms with Gasteiger partial charge in [0.1, 0.15) is 18.0 Å². The van der Waals surface area contributed by atoms with Gasteiger partial charge in [-0.25, -0.2) is 0 Å². The number of aliphatic hydroxyl groups excluding tert-OH is 4. The Kier molecular flexibility index (Phi) is 17.5. The zero-order valence-electron chi connectivity index (χ0n) is 21.9. The average Bonchev–Trinajstić information content (AvgIpc) is 2.84. The predicted octanol–water partition coefficient (Wildman–Crippen LogP) is 0.838. The van der Waals surface area contributed by atoms with Gasteiger partial charge < -0.3 is 31.1 Å². The second kappa shape index (κ2) is 18.1. The SMILES string of the molecule is CC(C)(CO)[C@H](O)C(=O)NCCC(=O)NCCSSCCCC(=O)CCCC(=O)[C@H](O)C(C)(C)CO. The zero-order chi connectivity index (χ0) is 27.8. The van der Waals surface area contributed by atoms with Crippen molar-refractivity contribution in [2.75, 3.05) is 37.8 Å². The smallest absolute Gasteiger partial charge is 0.249 e. The van der Waals surface area contributed by atoms with E-state index in [9.17, 15) is 39.6 Å². The highest BCUT2D eigenvalue weighted by molar-refractivity contribution is 8.76. The Morgan fingerprint density at radius 1 is 0.722 bits per heavy atom. The Hall–Kier alpha value is -1.18. The molecule has 36 heavy (non-hydrogen) atoms. The molecule has 0 aliphatic carbocycles.